The highest BCUT2D eigenvalue weighted by Crippen LogP contribution is 2.34. The predicted molar refractivity (Wildman–Crippen MR) is 195 cm³/mol. The van der Waals surface area contributed by atoms with Gasteiger partial charge in [-0.05, 0) is 29.2 Å². The van der Waals surface area contributed by atoms with Crippen molar-refractivity contribution in [3.63, 3.8) is 0 Å². The van der Waals surface area contributed by atoms with Crippen molar-refractivity contribution in [2.24, 2.45) is 0 Å². The summed E-state index contributed by atoms with van der Waals surface area (Å²) in [6, 6.07) is 37.8. The number of nitrogens with one attached hydrogen (secondary N) is 1. The van der Waals surface area contributed by atoms with Gasteiger partial charge in [-0.25, -0.2) is 0 Å². The second kappa shape index (κ2) is 19.4. The third-order valence-electron chi connectivity index (χ3n) is 9.33. The number of carbonyl (C=O) groups excluding carboxylic acids is 1. The van der Waals surface area contributed by atoms with E-state index in [0.29, 0.717) is 6.61 Å². The van der Waals surface area contributed by atoms with Gasteiger partial charge in [-0.3, -0.25) is 4.79 Å². The normalized spacial score (nSPS) is 28.7. The summed E-state index contributed by atoms with van der Waals surface area (Å²) in [5.41, 5.74) is 3.80. The minimum absolute atomic E-state index is 0.0478. The van der Waals surface area contributed by atoms with Crippen LogP contribution in [0.4, 0.5) is 0 Å². The molecule has 2 fully saturated rings. The lowest BCUT2D eigenvalue weighted by atomic mass is 9.95. The Balaban J connectivity index is 1.28. The molecule has 53 heavy (non-hydrogen) atoms. The van der Waals surface area contributed by atoms with Gasteiger partial charge in [0.15, 0.2) is 12.6 Å². The van der Waals surface area contributed by atoms with Gasteiger partial charge in [0.25, 0.3) is 0 Å². The molecule has 10 atom stereocenters. The lowest BCUT2D eigenvalue weighted by Gasteiger charge is -2.48. The molecular weight excluding hydrogens is 678 g/mol. The first kappa shape index (κ1) is 38.7. The van der Waals surface area contributed by atoms with E-state index in [1.54, 1.807) is 0 Å². The van der Waals surface area contributed by atoms with Crippen molar-refractivity contribution in [2.45, 2.75) is 102 Å². The van der Waals surface area contributed by atoms with Crippen LogP contribution in [0.5, 0.6) is 0 Å². The molecule has 0 aromatic heterocycles. The molecule has 4 aromatic rings. The van der Waals surface area contributed by atoms with Crippen molar-refractivity contribution in [2.75, 3.05) is 6.61 Å². The average molecular weight is 728 g/mol. The highest BCUT2D eigenvalue weighted by molar-refractivity contribution is 5.73. The van der Waals surface area contributed by atoms with E-state index in [4.69, 9.17) is 33.2 Å². The monoisotopic (exact) mass is 727 g/mol. The van der Waals surface area contributed by atoms with Gasteiger partial charge in [-0.2, -0.15) is 0 Å². The fourth-order valence-electron chi connectivity index (χ4n) is 6.62. The predicted octanol–water partition coefficient (Wildman–Crippen LogP) is 4.67. The number of hydrogen-bond donors (Lipinski definition) is 3. The lowest BCUT2D eigenvalue weighted by Crippen LogP contribution is -2.67. The Bertz CT molecular complexity index is 1650. The van der Waals surface area contributed by atoms with Crippen molar-refractivity contribution in [3.05, 3.63) is 144 Å². The van der Waals surface area contributed by atoms with Crippen LogP contribution in [-0.4, -0.2) is 84.1 Å². The van der Waals surface area contributed by atoms with Gasteiger partial charge in [0.1, 0.15) is 42.7 Å². The van der Waals surface area contributed by atoms with Crippen LogP contribution < -0.4 is 5.32 Å². The van der Waals surface area contributed by atoms with Crippen molar-refractivity contribution in [3.8, 4) is 0 Å². The van der Waals surface area contributed by atoms with Crippen LogP contribution in [-0.2, 0) is 64.4 Å². The molecule has 2 aliphatic rings. The first-order valence-electron chi connectivity index (χ1n) is 18.0. The molecule has 2 heterocycles. The summed E-state index contributed by atoms with van der Waals surface area (Å²) in [4.78, 5) is 12.4. The second-order valence-electron chi connectivity index (χ2n) is 13.4. The molecule has 282 valence electrons. The quantitative estimate of drug-likeness (QED) is 0.150. The molecule has 1 amide bonds. The Kier molecular flexibility index (Phi) is 14.1. The number of hydrogen-bond acceptors (Lipinski definition) is 10. The maximum absolute atomic E-state index is 12.4. The zero-order chi connectivity index (χ0) is 37.0. The first-order chi connectivity index (χ1) is 25.9. The Morgan fingerprint density at radius 2 is 1.08 bits per heavy atom. The Morgan fingerprint density at radius 1 is 0.623 bits per heavy atom. The van der Waals surface area contributed by atoms with E-state index >= 15 is 0 Å². The number of benzene rings is 4. The number of amides is 1. The van der Waals surface area contributed by atoms with Crippen LogP contribution in [0.25, 0.3) is 0 Å². The van der Waals surface area contributed by atoms with E-state index in [2.05, 4.69) is 5.32 Å². The molecule has 0 saturated carbocycles. The summed E-state index contributed by atoms with van der Waals surface area (Å²) < 4.78 is 44.7. The fourth-order valence-corrected chi connectivity index (χ4v) is 6.62. The molecule has 4 aromatic carbocycles. The number of rotatable bonds is 16. The molecule has 0 unspecified atom stereocenters. The number of aliphatic hydroxyl groups excluding tert-OH is 2. The molecule has 6 rings (SSSR count). The van der Waals surface area contributed by atoms with E-state index in [0.717, 1.165) is 22.3 Å². The maximum atomic E-state index is 12.4. The van der Waals surface area contributed by atoms with Crippen LogP contribution in [0.3, 0.4) is 0 Å². The fraction of sp³-hybridized carbons (Fsp3) is 0.405. The van der Waals surface area contributed by atoms with Gasteiger partial charge < -0.3 is 48.7 Å². The molecule has 0 radical (unpaired) electrons. The summed E-state index contributed by atoms with van der Waals surface area (Å²) in [6.07, 6.45) is -8.90. The molecule has 2 saturated heterocycles. The van der Waals surface area contributed by atoms with E-state index in [9.17, 15) is 15.0 Å². The van der Waals surface area contributed by atoms with Crippen LogP contribution in [0, 0.1) is 0 Å². The molecular formula is C42H49NO10. The summed E-state index contributed by atoms with van der Waals surface area (Å²) in [6.45, 7) is 4.18. The smallest absolute Gasteiger partial charge is 0.217 e. The van der Waals surface area contributed by atoms with Crippen LogP contribution in [0.1, 0.15) is 36.1 Å². The van der Waals surface area contributed by atoms with Crippen LogP contribution in [0.2, 0.25) is 0 Å². The van der Waals surface area contributed by atoms with Crippen molar-refractivity contribution >= 4 is 5.91 Å². The molecule has 11 nitrogen and oxygen atoms in total. The zero-order valence-electron chi connectivity index (χ0n) is 30.0. The minimum atomic E-state index is -1.52. The summed E-state index contributed by atoms with van der Waals surface area (Å²) in [7, 11) is 0. The first-order valence-corrected chi connectivity index (χ1v) is 18.0. The molecule has 0 aliphatic carbocycles. The topological polar surface area (TPSA) is 134 Å². The number of carbonyl (C=O) groups is 1. The third-order valence-corrected chi connectivity index (χ3v) is 9.33. The average Bonchev–Trinajstić information content (AvgIpc) is 3.18. The van der Waals surface area contributed by atoms with Gasteiger partial charge in [-0.15, -0.1) is 0 Å². The molecule has 2 aliphatic heterocycles. The van der Waals surface area contributed by atoms with Crippen molar-refractivity contribution in [1.82, 2.24) is 5.32 Å². The Hall–Kier alpha value is -4.01. The second-order valence-corrected chi connectivity index (χ2v) is 13.4. The molecule has 0 bridgehead atoms. The third kappa shape index (κ3) is 10.8. The SMILES string of the molecule is CC(=O)N[C@@H]1[C@@H](O[C@@H]2O[C@@H](C)[C@@H](OCc3ccccc3)[C@@H](OCc3ccccc3)[C@@H]2OCc2ccccc2)[C@H](O)[C@@H](COCc2ccccc2)O[C@@H]1O. The summed E-state index contributed by atoms with van der Waals surface area (Å²) in [5.74, 6) is -0.439. The van der Waals surface area contributed by atoms with Gasteiger partial charge in [0.2, 0.25) is 5.91 Å². The standard InChI is InChI=1S/C42H49NO10/c1-28-37(48-24-31-17-9-4-10-18-31)39(49-25-32-19-11-5-12-20-32)40(50-26-33-21-13-6-14-22-33)42(51-28)53-38-35(43-29(2)44)41(46)52-34(36(38)45)27-47-23-30-15-7-3-8-16-30/h3-22,28,34-42,45-46H,23-27H2,1-2H3,(H,43,44)/t28-,34+,35+,36+,37+,38+,39+,40-,41-,42-/m0/s1. The molecule has 11 heteroatoms. The molecule has 3 N–H and O–H groups in total. The molecule has 0 spiro atoms. The van der Waals surface area contributed by atoms with Gasteiger partial charge in [0, 0.05) is 6.92 Å². The maximum Gasteiger partial charge on any atom is 0.217 e. The van der Waals surface area contributed by atoms with Crippen molar-refractivity contribution in [1.29, 1.82) is 0 Å². The van der Waals surface area contributed by atoms with Gasteiger partial charge in [0.05, 0.1) is 39.1 Å². The highest BCUT2D eigenvalue weighted by atomic mass is 16.7. The minimum Gasteiger partial charge on any atom is -0.388 e. The van der Waals surface area contributed by atoms with E-state index < -0.39 is 67.3 Å². The van der Waals surface area contributed by atoms with Crippen LogP contribution in [0.15, 0.2) is 121 Å². The van der Waals surface area contributed by atoms with E-state index in [-0.39, 0.29) is 26.4 Å². The van der Waals surface area contributed by atoms with Gasteiger partial charge in [-0.1, -0.05) is 121 Å². The largest absolute Gasteiger partial charge is 0.388 e. The Labute approximate surface area is 310 Å². The zero-order valence-corrected chi connectivity index (χ0v) is 30.0. The number of aliphatic hydroxyl groups is 2. The highest BCUT2D eigenvalue weighted by Gasteiger charge is 2.52. The summed E-state index contributed by atoms with van der Waals surface area (Å²) >= 11 is 0. The van der Waals surface area contributed by atoms with Gasteiger partial charge >= 0.3 is 0 Å². The lowest BCUT2D eigenvalue weighted by molar-refractivity contribution is -0.352. The van der Waals surface area contributed by atoms with E-state index in [1.165, 1.54) is 6.92 Å². The van der Waals surface area contributed by atoms with E-state index in [1.807, 2.05) is 128 Å². The van der Waals surface area contributed by atoms with Crippen LogP contribution >= 0.6 is 0 Å². The Morgan fingerprint density at radius 3 is 1.57 bits per heavy atom. The number of ether oxygens (including phenoxy) is 7. The van der Waals surface area contributed by atoms with Crippen molar-refractivity contribution < 1.29 is 48.2 Å². The summed E-state index contributed by atoms with van der Waals surface area (Å²) in [5, 5.41) is 25.6.